The Kier molecular flexibility index (Phi) is 4.97. The van der Waals surface area contributed by atoms with Gasteiger partial charge in [-0.1, -0.05) is 55.9 Å². The lowest BCUT2D eigenvalue weighted by molar-refractivity contribution is -0.659. The molecule has 0 spiro atoms. The van der Waals surface area contributed by atoms with E-state index in [0.29, 0.717) is 11.2 Å². The van der Waals surface area contributed by atoms with Crippen molar-refractivity contribution in [3.05, 3.63) is 65.1 Å². The highest BCUT2D eigenvalue weighted by Crippen LogP contribution is 2.33. The van der Waals surface area contributed by atoms with Crippen LogP contribution < -0.4 is 9.75 Å². The second kappa shape index (κ2) is 6.94. The van der Waals surface area contributed by atoms with Gasteiger partial charge in [0.1, 0.15) is 7.05 Å². The maximum Gasteiger partial charge on any atom is 0.219 e. The van der Waals surface area contributed by atoms with Crippen LogP contribution in [0.4, 0.5) is 5.69 Å². The molecule has 1 aromatic heterocycles. The van der Waals surface area contributed by atoms with Gasteiger partial charge in [0.15, 0.2) is 11.9 Å². The summed E-state index contributed by atoms with van der Waals surface area (Å²) in [5, 5.41) is 4.04. The normalized spacial score (nSPS) is 11.8. The second-order valence-corrected chi connectivity index (χ2v) is 13.7. The number of benzene rings is 2. The molecule has 2 aromatic carbocycles. The number of hydrogen-bond donors (Lipinski definition) is 0. The standard InChI is InChI=1S/C24H29N2Si/c1-16(2)27(7,8)21-9-10-22-19(14-21)11-12-26(6)24(22)23-15-20(25-5)13-17(3)18(23)4/h9-16H,1-4,6-8H3/q+1. The highest BCUT2D eigenvalue weighted by Gasteiger charge is 2.28. The number of nitrogens with zero attached hydrogens (tertiary/aromatic N) is 2. The third-order valence-electron chi connectivity index (χ3n) is 6.36. The van der Waals surface area contributed by atoms with Gasteiger partial charge in [0.2, 0.25) is 5.69 Å². The Hall–Kier alpha value is -2.44. The van der Waals surface area contributed by atoms with Gasteiger partial charge in [-0.2, -0.15) is 0 Å². The van der Waals surface area contributed by atoms with Crippen LogP contribution in [0.1, 0.15) is 25.0 Å². The number of pyridine rings is 1. The predicted octanol–water partition coefficient (Wildman–Crippen LogP) is 5.82. The molecule has 0 bridgehead atoms. The first-order valence-corrected chi connectivity index (χ1v) is 12.7. The summed E-state index contributed by atoms with van der Waals surface area (Å²) >= 11 is 0. The van der Waals surface area contributed by atoms with E-state index in [-0.39, 0.29) is 0 Å². The van der Waals surface area contributed by atoms with Gasteiger partial charge < -0.3 is 0 Å². The largest absolute Gasteiger partial charge is 0.238 e. The smallest absolute Gasteiger partial charge is 0.219 e. The zero-order valence-electron chi connectivity index (χ0n) is 17.5. The second-order valence-electron chi connectivity index (χ2n) is 8.50. The van der Waals surface area contributed by atoms with E-state index in [1.807, 2.05) is 12.1 Å². The van der Waals surface area contributed by atoms with Crippen LogP contribution in [-0.4, -0.2) is 8.07 Å². The number of aromatic nitrogens is 1. The van der Waals surface area contributed by atoms with Crippen molar-refractivity contribution in [2.24, 2.45) is 7.05 Å². The number of rotatable bonds is 3. The monoisotopic (exact) mass is 373 g/mol. The number of aryl methyl sites for hydroxylation is 2. The van der Waals surface area contributed by atoms with Crippen LogP contribution in [0.15, 0.2) is 42.6 Å². The zero-order valence-corrected chi connectivity index (χ0v) is 18.5. The molecule has 0 atom stereocenters. The fraction of sp³-hybridized carbons (Fsp3) is 0.333. The Balaban J connectivity index is 2.31. The Morgan fingerprint density at radius 1 is 1.04 bits per heavy atom. The quantitative estimate of drug-likeness (QED) is 0.310. The summed E-state index contributed by atoms with van der Waals surface area (Å²) < 4.78 is 2.18. The molecule has 27 heavy (non-hydrogen) atoms. The van der Waals surface area contributed by atoms with E-state index in [9.17, 15) is 0 Å². The third kappa shape index (κ3) is 3.30. The average Bonchev–Trinajstić information content (AvgIpc) is 2.63. The van der Waals surface area contributed by atoms with Crippen molar-refractivity contribution >= 4 is 29.7 Å². The van der Waals surface area contributed by atoms with Crippen molar-refractivity contribution in [3.8, 4) is 11.3 Å². The van der Waals surface area contributed by atoms with Crippen molar-refractivity contribution in [2.45, 2.75) is 46.3 Å². The van der Waals surface area contributed by atoms with Crippen molar-refractivity contribution in [1.82, 2.24) is 0 Å². The van der Waals surface area contributed by atoms with Crippen molar-refractivity contribution in [2.75, 3.05) is 0 Å². The summed E-state index contributed by atoms with van der Waals surface area (Å²) in [6.07, 6.45) is 2.14. The van der Waals surface area contributed by atoms with E-state index >= 15 is 0 Å². The molecule has 0 unspecified atom stereocenters. The molecule has 0 saturated carbocycles. The van der Waals surface area contributed by atoms with Gasteiger partial charge in [-0.3, -0.25) is 0 Å². The minimum absolute atomic E-state index is 0.703. The lowest BCUT2D eigenvalue weighted by Crippen LogP contribution is -2.44. The third-order valence-corrected chi connectivity index (χ3v) is 11.0. The predicted molar refractivity (Wildman–Crippen MR) is 119 cm³/mol. The molecule has 1 heterocycles. The van der Waals surface area contributed by atoms with Crippen LogP contribution >= 0.6 is 0 Å². The first-order chi connectivity index (χ1) is 12.7. The van der Waals surface area contributed by atoms with Crippen LogP contribution in [0.25, 0.3) is 26.9 Å². The maximum absolute atomic E-state index is 7.45. The molecule has 0 amide bonds. The highest BCUT2D eigenvalue weighted by atomic mass is 28.3. The molecule has 0 aliphatic rings. The molecular formula is C24H29N2Si+. The SMILES string of the molecule is [C-]#[N+]c1cc(C)c(C)c(-c2c3ccc([Si](C)(C)C(C)C)cc3cc[n+]2C)c1. The Morgan fingerprint density at radius 2 is 1.74 bits per heavy atom. The van der Waals surface area contributed by atoms with Gasteiger partial charge in [-0.15, -0.1) is 0 Å². The molecule has 138 valence electrons. The molecule has 2 nitrogen and oxygen atoms in total. The van der Waals surface area contributed by atoms with E-state index in [2.05, 4.69) is 87.7 Å². The van der Waals surface area contributed by atoms with Gasteiger partial charge in [-0.25, -0.2) is 9.41 Å². The van der Waals surface area contributed by atoms with Gasteiger partial charge in [0, 0.05) is 11.6 Å². The maximum atomic E-state index is 7.45. The van der Waals surface area contributed by atoms with Gasteiger partial charge in [0.25, 0.3) is 0 Å². The van der Waals surface area contributed by atoms with Gasteiger partial charge in [-0.05, 0) is 42.5 Å². The molecule has 0 fully saturated rings. The average molecular weight is 374 g/mol. The molecular weight excluding hydrogens is 344 g/mol. The Morgan fingerprint density at radius 3 is 2.37 bits per heavy atom. The zero-order chi connectivity index (χ0) is 19.9. The van der Waals surface area contributed by atoms with Crippen molar-refractivity contribution in [1.29, 1.82) is 0 Å². The molecule has 3 heteroatoms. The van der Waals surface area contributed by atoms with E-state index in [0.717, 1.165) is 5.56 Å². The van der Waals surface area contributed by atoms with Gasteiger partial charge >= 0.3 is 0 Å². The van der Waals surface area contributed by atoms with Crippen LogP contribution in [0.5, 0.6) is 0 Å². The molecule has 0 aliphatic carbocycles. The first-order valence-electron chi connectivity index (χ1n) is 9.58. The summed E-state index contributed by atoms with van der Waals surface area (Å²) in [5.41, 5.74) is 6.16. The van der Waals surface area contributed by atoms with Gasteiger partial charge in [0.05, 0.1) is 20.0 Å². The fourth-order valence-corrected chi connectivity index (χ4v) is 5.30. The lowest BCUT2D eigenvalue weighted by atomic mass is 9.96. The minimum atomic E-state index is -1.47. The van der Waals surface area contributed by atoms with Crippen molar-refractivity contribution in [3.63, 3.8) is 0 Å². The number of fused-ring (bicyclic) bond motifs is 1. The van der Waals surface area contributed by atoms with E-state index in [1.165, 1.54) is 32.8 Å². The summed E-state index contributed by atoms with van der Waals surface area (Å²) in [6.45, 7) is 21.3. The molecule has 0 aliphatic heterocycles. The molecule has 0 radical (unpaired) electrons. The fourth-order valence-electron chi connectivity index (χ4n) is 3.59. The lowest BCUT2D eigenvalue weighted by Gasteiger charge is -2.27. The summed E-state index contributed by atoms with van der Waals surface area (Å²) in [5.74, 6) is 0. The summed E-state index contributed by atoms with van der Waals surface area (Å²) in [4.78, 5) is 3.68. The topological polar surface area (TPSA) is 8.24 Å². The summed E-state index contributed by atoms with van der Waals surface area (Å²) in [6, 6.07) is 13.2. The van der Waals surface area contributed by atoms with E-state index < -0.39 is 8.07 Å². The molecule has 3 aromatic rings. The van der Waals surface area contributed by atoms with E-state index in [1.54, 1.807) is 0 Å². The van der Waals surface area contributed by atoms with Crippen LogP contribution in [-0.2, 0) is 7.05 Å². The van der Waals surface area contributed by atoms with Crippen LogP contribution in [0.2, 0.25) is 18.6 Å². The van der Waals surface area contributed by atoms with Crippen LogP contribution in [0.3, 0.4) is 0 Å². The number of hydrogen-bond acceptors (Lipinski definition) is 0. The minimum Gasteiger partial charge on any atom is -0.238 e. The molecule has 3 rings (SSSR count). The Bertz CT molecular complexity index is 1070. The Labute approximate surface area is 164 Å². The molecule has 0 N–H and O–H groups in total. The first kappa shape index (κ1) is 19.3. The van der Waals surface area contributed by atoms with Crippen molar-refractivity contribution < 1.29 is 4.57 Å². The molecule has 0 saturated heterocycles. The van der Waals surface area contributed by atoms with E-state index in [4.69, 9.17) is 6.57 Å². The van der Waals surface area contributed by atoms with Crippen LogP contribution in [0, 0.1) is 20.4 Å². The highest BCUT2D eigenvalue weighted by molar-refractivity contribution is 6.91. The summed E-state index contributed by atoms with van der Waals surface area (Å²) in [7, 11) is 0.627.